The van der Waals surface area contributed by atoms with E-state index in [4.69, 9.17) is 4.74 Å². The quantitative estimate of drug-likeness (QED) is 0.627. The highest BCUT2D eigenvalue weighted by molar-refractivity contribution is 5.96. The molecule has 0 aromatic heterocycles. The number of nitrogens with one attached hydrogen (secondary N) is 2. The summed E-state index contributed by atoms with van der Waals surface area (Å²) in [5, 5.41) is 4.72. The molecule has 1 aliphatic carbocycles. The molecule has 0 aromatic rings. The van der Waals surface area contributed by atoms with Crippen LogP contribution in [0.1, 0.15) is 59.8 Å². The van der Waals surface area contributed by atoms with E-state index in [1.807, 2.05) is 18.7 Å². The number of rotatable bonds is 7. The normalized spacial score (nSPS) is 27.1. The standard InChI is InChI=1S/C21H35N3O5/c1-13(2)8-9-22-21(28)23-18(25)12-29-20(27)16-10-19(26)24(11-16)17-7-5-6-14(3)15(17)4/h13-17H,5-12H2,1-4H3,(H2,22,23,25,28)/t14-,15+,16+,17-/m0/s1. The highest BCUT2D eigenvalue weighted by Gasteiger charge is 2.42. The minimum atomic E-state index is -0.684. The van der Waals surface area contributed by atoms with E-state index in [-0.39, 0.29) is 18.4 Å². The van der Waals surface area contributed by atoms with E-state index < -0.39 is 30.4 Å². The second kappa shape index (κ2) is 10.6. The Balaban J connectivity index is 1.74. The van der Waals surface area contributed by atoms with Gasteiger partial charge in [-0.2, -0.15) is 0 Å². The number of amides is 4. The lowest BCUT2D eigenvalue weighted by Gasteiger charge is -2.39. The molecule has 8 heteroatoms. The second-order valence-corrected chi connectivity index (χ2v) is 8.88. The first-order valence-corrected chi connectivity index (χ1v) is 10.7. The predicted octanol–water partition coefficient (Wildman–Crippen LogP) is 2.07. The van der Waals surface area contributed by atoms with E-state index in [1.165, 1.54) is 6.42 Å². The molecule has 1 saturated carbocycles. The first-order valence-electron chi connectivity index (χ1n) is 10.7. The van der Waals surface area contributed by atoms with Crippen LogP contribution in [-0.2, 0) is 19.1 Å². The van der Waals surface area contributed by atoms with Gasteiger partial charge in [-0.3, -0.25) is 19.7 Å². The summed E-state index contributed by atoms with van der Waals surface area (Å²) in [4.78, 5) is 50.0. The Hall–Kier alpha value is -2.12. The van der Waals surface area contributed by atoms with Crippen LogP contribution in [0.2, 0.25) is 0 Å². The van der Waals surface area contributed by atoms with Crippen LogP contribution in [-0.4, -0.2) is 54.5 Å². The molecule has 1 heterocycles. The molecule has 0 bridgehead atoms. The molecule has 1 saturated heterocycles. The van der Waals surface area contributed by atoms with Gasteiger partial charge in [-0.15, -0.1) is 0 Å². The van der Waals surface area contributed by atoms with Crippen LogP contribution in [0.25, 0.3) is 0 Å². The number of urea groups is 1. The molecule has 0 spiro atoms. The summed E-state index contributed by atoms with van der Waals surface area (Å²) < 4.78 is 5.05. The van der Waals surface area contributed by atoms with Gasteiger partial charge in [-0.05, 0) is 30.6 Å². The number of hydrogen-bond donors (Lipinski definition) is 2. The highest BCUT2D eigenvalue weighted by Crippen LogP contribution is 2.35. The van der Waals surface area contributed by atoms with E-state index in [9.17, 15) is 19.2 Å². The number of esters is 1. The monoisotopic (exact) mass is 409 g/mol. The van der Waals surface area contributed by atoms with Crippen molar-refractivity contribution in [2.24, 2.45) is 23.7 Å². The largest absolute Gasteiger partial charge is 0.455 e. The Morgan fingerprint density at radius 2 is 1.93 bits per heavy atom. The number of ether oxygens (including phenoxy) is 1. The van der Waals surface area contributed by atoms with E-state index in [2.05, 4.69) is 24.5 Å². The summed E-state index contributed by atoms with van der Waals surface area (Å²) >= 11 is 0. The van der Waals surface area contributed by atoms with Gasteiger partial charge in [0.2, 0.25) is 5.91 Å². The third kappa shape index (κ3) is 6.72. The molecule has 4 amide bonds. The number of nitrogens with zero attached hydrogens (tertiary/aromatic N) is 1. The van der Waals surface area contributed by atoms with Crippen molar-refractivity contribution in [1.29, 1.82) is 0 Å². The van der Waals surface area contributed by atoms with Gasteiger partial charge in [0.1, 0.15) is 0 Å². The Morgan fingerprint density at radius 3 is 2.62 bits per heavy atom. The Kier molecular flexibility index (Phi) is 8.46. The molecule has 1 aliphatic heterocycles. The average molecular weight is 410 g/mol. The van der Waals surface area contributed by atoms with Crippen LogP contribution in [0.3, 0.4) is 0 Å². The Morgan fingerprint density at radius 1 is 1.21 bits per heavy atom. The minimum Gasteiger partial charge on any atom is -0.455 e. The van der Waals surface area contributed by atoms with Gasteiger partial charge < -0.3 is 15.0 Å². The molecule has 164 valence electrons. The molecule has 8 nitrogen and oxygen atoms in total. The van der Waals surface area contributed by atoms with Crippen LogP contribution < -0.4 is 10.6 Å². The summed E-state index contributed by atoms with van der Waals surface area (Å²) in [6, 6.07) is -0.434. The molecule has 0 radical (unpaired) electrons. The predicted molar refractivity (Wildman–Crippen MR) is 108 cm³/mol. The zero-order valence-corrected chi connectivity index (χ0v) is 18.0. The van der Waals surface area contributed by atoms with E-state index in [0.717, 1.165) is 19.3 Å². The van der Waals surface area contributed by atoms with E-state index in [0.29, 0.717) is 30.8 Å². The van der Waals surface area contributed by atoms with Crippen LogP contribution >= 0.6 is 0 Å². The van der Waals surface area contributed by atoms with Crippen LogP contribution in [0.15, 0.2) is 0 Å². The van der Waals surface area contributed by atoms with E-state index >= 15 is 0 Å². The molecular formula is C21H35N3O5. The van der Waals surface area contributed by atoms with Gasteiger partial charge in [0.25, 0.3) is 5.91 Å². The van der Waals surface area contributed by atoms with Crippen molar-refractivity contribution in [2.45, 2.75) is 65.8 Å². The van der Waals surface area contributed by atoms with Crippen molar-refractivity contribution >= 4 is 23.8 Å². The summed E-state index contributed by atoms with van der Waals surface area (Å²) in [7, 11) is 0. The molecule has 2 fully saturated rings. The fraction of sp³-hybridized carbons (Fsp3) is 0.810. The lowest BCUT2D eigenvalue weighted by molar-refractivity contribution is -0.152. The molecule has 0 unspecified atom stereocenters. The Bertz CT molecular complexity index is 621. The molecule has 0 aromatic carbocycles. The number of likely N-dealkylation sites (tertiary alicyclic amines) is 1. The topological polar surface area (TPSA) is 105 Å². The van der Waals surface area contributed by atoms with Gasteiger partial charge in [0.15, 0.2) is 6.61 Å². The minimum absolute atomic E-state index is 0.0214. The summed E-state index contributed by atoms with van der Waals surface area (Å²) in [5.74, 6) is -0.415. The molecule has 2 rings (SSSR count). The first-order chi connectivity index (χ1) is 13.7. The fourth-order valence-electron chi connectivity index (χ4n) is 4.14. The lowest BCUT2D eigenvalue weighted by Crippen LogP contribution is -2.45. The number of hydrogen-bond acceptors (Lipinski definition) is 5. The smallest absolute Gasteiger partial charge is 0.321 e. The van der Waals surface area contributed by atoms with Crippen molar-refractivity contribution in [3.8, 4) is 0 Å². The van der Waals surface area contributed by atoms with Crippen LogP contribution in [0.4, 0.5) is 4.79 Å². The fourth-order valence-corrected chi connectivity index (χ4v) is 4.14. The second-order valence-electron chi connectivity index (χ2n) is 8.88. The van der Waals surface area contributed by atoms with Crippen molar-refractivity contribution < 1.29 is 23.9 Å². The maximum atomic E-state index is 12.5. The maximum absolute atomic E-state index is 12.5. The summed E-state index contributed by atoms with van der Waals surface area (Å²) in [6.45, 7) is 8.73. The molecule has 2 aliphatic rings. The number of carbonyl (C=O) groups is 4. The highest BCUT2D eigenvalue weighted by atomic mass is 16.5. The molecule has 29 heavy (non-hydrogen) atoms. The zero-order chi connectivity index (χ0) is 21.6. The van der Waals surface area contributed by atoms with Gasteiger partial charge in [0, 0.05) is 25.6 Å². The lowest BCUT2D eigenvalue weighted by atomic mass is 9.77. The van der Waals surface area contributed by atoms with Crippen molar-refractivity contribution in [2.75, 3.05) is 19.7 Å². The van der Waals surface area contributed by atoms with Crippen molar-refractivity contribution in [3.05, 3.63) is 0 Å². The number of imide groups is 1. The summed E-state index contributed by atoms with van der Waals surface area (Å²) in [6.07, 6.45) is 4.15. The van der Waals surface area contributed by atoms with Crippen molar-refractivity contribution in [3.63, 3.8) is 0 Å². The Labute approximate surface area is 173 Å². The summed E-state index contributed by atoms with van der Waals surface area (Å²) in [5.41, 5.74) is 0. The first kappa shape index (κ1) is 23.2. The molecule has 4 atom stereocenters. The zero-order valence-electron chi connectivity index (χ0n) is 18.0. The maximum Gasteiger partial charge on any atom is 0.321 e. The van der Waals surface area contributed by atoms with Crippen LogP contribution in [0, 0.1) is 23.7 Å². The van der Waals surface area contributed by atoms with Crippen molar-refractivity contribution in [1.82, 2.24) is 15.5 Å². The third-order valence-corrected chi connectivity index (χ3v) is 6.16. The van der Waals surface area contributed by atoms with Gasteiger partial charge in [0.05, 0.1) is 5.92 Å². The number of carbonyl (C=O) groups excluding carboxylic acids is 4. The molecular weight excluding hydrogens is 374 g/mol. The van der Waals surface area contributed by atoms with Gasteiger partial charge >= 0.3 is 12.0 Å². The van der Waals surface area contributed by atoms with Gasteiger partial charge in [-0.25, -0.2) is 4.79 Å². The molecule has 2 N–H and O–H groups in total. The third-order valence-electron chi connectivity index (χ3n) is 6.16. The van der Waals surface area contributed by atoms with Crippen LogP contribution in [0.5, 0.6) is 0 Å². The average Bonchev–Trinajstić information content (AvgIpc) is 3.03. The van der Waals surface area contributed by atoms with E-state index in [1.54, 1.807) is 0 Å². The SMILES string of the molecule is CC(C)CCNC(=O)NC(=O)COC(=O)[C@@H]1CC(=O)N([C@H]2CCC[C@H](C)[C@H]2C)C1. The van der Waals surface area contributed by atoms with Gasteiger partial charge in [-0.1, -0.05) is 40.5 Å².